The molecular weight excluding hydrogens is 316 g/mol. The standard InChI is InChI=1S/C24H28N2/c1-4-20(18(2)3)21-14-8-9-15-22(21)26-24-17-11-10-16-23(24)25-19-12-6-5-7-13-19/h5-18,20,25-26H,4H2,1-3H3. The Balaban J connectivity index is 1.91. The van der Waals surface area contributed by atoms with Crippen LogP contribution in [0.15, 0.2) is 78.9 Å². The molecule has 2 N–H and O–H groups in total. The SMILES string of the molecule is CCC(c1ccccc1Nc1ccccc1Nc1ccccc1)C(C)C. The van der Waals surface area contributed by atoms with E-state index in [9.17, 15) is 0 Å². The van der Waals surface area contributed by atoms with E-state index >= 15 is 0 Å². The number of hydrogen-bond acceptors (Lipinski definition) is 2. The second-order valence-electron chi connectivity index (χ2n) is 7.01. The molecule has 1 unspecified atom stereocenters. The average Bonchev–Trinajstić information content (AvgIpc) is 2.66. The van der Waals surface area contributed by atoms with E-state index in [2.05, 4.69) is 92.1 Å². The summed E-state index contributed by atoms with van der Waals surface area (Å²) in [4.78, 5) is 0. The van der Waals surface area contributed by atoms with E-state index in [0.717, 1.165) is 23.5 Å². The fraction of sp³-hybridized carbons (Fsp3) is 0.250. The maximum absolute atomic E-state index is 3.67. The minimum Gasteiger partial charge on any atom is -0.354 e. The van der Waals surface area contributed by atoms with Crippen LogP contribution in [0, 0.1) is 5.92 Å². The molecule has 0 radical (unpaired) electrons. The van der Waals surface area contributed by atoms with Crippen LogP contribution in [0.4, 0.5) is 22.7 Å². The number of para-hydroxylation sites is 4. The number of nitrogens with one attached hydrogen (secondary N) is 2. The summed E-state index contributed by atoms with van der Waals surface area (Å²) in [5.74, 6) is 1.16. The van der Waals surface area contributed by atoms with E-state index in [-0.39, 0.29) is 0 Å². The minimum absolute atomic E-state index is 0.549. The lowest BCUT2D eigenvalue weighted by atomic mass is 9.85. The Morgan fingerprint density at radius 1 is 0.654 bits per heavy atom. The highest BCUT2D eigenvalue weighted by atomic mass is 15.0. The normalized spacial score (nSPS) is 12.0. The number of anilines is 4. The summed E-state index contributed by atoms with van der Waals surface area (Å²) < 4.78 is 0. The molecule has 1 atom stereocenters. The molecule has 0 bridgehead atoms. The molecule has 0 saturated carbocycles. The molecular formula is C24H28N2. The van der Waals surface area contributed by atoms with Gasteiger partial charge in [-0.1, -0.05) is 69.3 Å². The summed E-state index contributed by atoms with van der Waals surface area (Å²) in [7, 11) is 0. The van der Waals surface area contributed by atoms with Gasteiger partial charge in [-0.15, -0.1) is 0 Å². The Bertz CT molecular complexity index is 824. The second kappa shape index (κ2) is 8.57. The molecule has 0 aliphatic carbocycles. The first-order valence-electron chi connectivity index (χ1n) is 9.46. The van der Waals surface area contributed by atoms with Gasteiger partial charge < -0.3 is 10.6 Å². The van der Waals surface area contributed by atoms with Crippen LogP contribution in [-0.2, 0) is 0 Å². The fourth-order valence-electron chi connectivity index (χ4n) is 3.51. The Morgan fingerprint density at radius 2 is 1.19 bits per heavy atom. The molecule has 2 heteroatoms. The third-order valence-electron chi connectivity index (χ3n) is 4.85. The van der Waals surface area contributed by atoms with Gasteiger partial charge >= 0.3 is 0 Å². The third-order valence-corrected chi connectivity index (χ3v) is 4.85. The highest BCUT2D eigenvalue weighted by Crippen LogP contribution is 2.36. The van der Waals surface area contributed by atoms with Crippen molar-refractivity contribution in [1.82, 2.24) is 0 Å². The molecule has 0 heterocycles. The first-order chi connectivity index (χ1) is 12.7. The highest BCUT2D eigenvalue weighted by molar-refractivity contribution is 5.79. The maximum Gasteiger partial charge on any atom is 0.0623 e. The molecule has 2 nitrogen and oxygen atoms in total. The van der Waals surface area contributed by atoms with Gasteiger partial charge in [0.25, 0.3) is 0 Å². The van der Waals surface area contributed by atoms with Crippen molar-refractivity contribution in [3.05, 3.63) is 84.4 Å². The smallest absolute Gasteiger partial charge is 0.0623 e. The first kappa shape index (κ1) is 18.1. The Hall–Kier alpha value is -2.74. The number of benzene rings is 3. The van der Waals surface area contributed by atoms with Crippen molar-refractivity contribution in [1.29, 1.82) is 0 Å². The van der Waals surface area contributed by atoms with E-state index in [1.165, 1.54) is 11.3 Å². The molecule has 3 aromatic rings. The summed E-state index contributed by atoms with van der Waals surface area (Å²) in [6.45, 7) is 6.87. The van der Waals surface area contributed by atoms with Crippen molar-refractivity contribution in [3.63, 3.8) is 0 Å². The van der Waals surface area contributed by atoms with Crippen LogP contribution in [-0.4, -0.2) is 0 Å². The summed E-state index contributed by atoms with van der Waals surface area (Å²) in [6.07, 6.45) is 1.14. The predicted octanol–water partition coefficient (Wildman–Crippen LogP) is 7.32. The van der Waals surface area contributed by atoms with Crippen molar-refractivity contribution in [2.24, 2.45) is 5.92 Å². The van der Waals surface area contributed by atoms with E-state index in [1.54, 1.807) is 0 Å². The van der Waals surface area contributed by atoms with Crippen LogP contribution in [0.1, 0.15) is 38.7 Å². The van der Waals surface area contributed by atoms with Gasteiger partial charge in [0.1, 0.15) is 0 Å². The molecule has 0 saturated heterocycles. The van der Waals surface area contributed by atoms with Gasteiger partial charge in [-0.2, -0.15) is 0 Å². The molecule has 0 amide bonds. The first-order valence-corrected chi connectivity index (χ1v) is 9.46. The molecule has 0 aromatic heterocycles. The van der Waals surface area contributed by atoms with E-state index in [4.69, 9.17) is 0 Å². The van der Waals surface area contributed by atoms with E-state index < -0.39 is 0 Å². The molecule has 0 aliphatic heterocycles. The van der Waals surface area contributed by atoms with E-state index in [0.29, 0.717) is 11.8 Å². The Labute approximate surface area is 157 Å². The zero-order chi connectivity index (χ0) is 18.4. The van der Waals surface area contributed by atoms with Gasteiger partial charge in [0, 0.05) is 11.4 Å². The van der Waals surface area contributed by atoms with Crippen LogP contribution >= 0.6 is 0 Å². The number of rotatable bonds is 7. The van der Waals surface area contributed by atoms with Gasteiger partial charge in [-0.25, -0.2) is 0 Å². The van der Waals surface area contributed by atoms with Gasteiger partial charge in [-0.05, 0) is 54.2 Å². The van der Waals surface area contributed by atoms with Crippen molar-refractivity contribution in [2.45, 2.75) is 33.1 Å². The van der Waals surface area contributed by atoms with Crippen molar-refractivity contribution < 1.29 is 0 Å². The molecule has 3 aromatic carbocycles. The summed E-state index contributed by atoms with van der Waals surface area (Å²) in [5, 5.41) is 7.18. The second-order valence-corrected chi connectivity index (χ2v) is 7.01. The Morgan fingerprint density at radius 3 is 1.81 bits per heavy atom. The molecule has 0 spiro atoms. The Kier molecular flexibility index (Phi) is 5.96. The van der Waals surface area contributed by atoms with Crippen LogP contribution in [0.25, 0.3) is 0 Å². The molecule has 26 heavy (non-hydrogen) atoms. The molecule has 134 valence electrons. The zero-order valence-corrected chi connectivity index (χ0v) is 15.9. The average molecular weight is 345 g/mol. The third kappa shape index (κ3) is 4.26. The zero-order valence-electron chi connectivity index (χ0n) is 15.9. The largest absolute Gasteiger partial charge is 0.354 e. The number of hydrogen-bond donors (Lipinski definition) is 2. The van der Waals surface area contributed by atoms with Crippen LogP contribution in [0.5, 0.6) is 0 Å². The van der Waals surface area contributed by atoms with Gasteiger partial charge in [0.15, 0.2) is 0 Å². The summed E-state index contributed by atoms with van der Waals surface area (Å²) in [6, 6.07) is 27.3. The minimum atomic E-state index is 0.549. The summed E-state index contributed by atoms with van der Waals surface area (Å²) >= 11 is 0. The highest BCUT2D eigenvalue weighted by Gasteiger charge is 2.17. The molecule has 0 aliphatic rings. The fourth-order valence-corrected chi connectivity index (χ4v) is 3.51. The van der Waals surface area contributed by atoms with Crippen LogP contribution in [0.3, 0.4) is 0 Å². The lowest BCUT2D eigenvalue weighted by molar-refractivity contribution is 0.486. The van der Waals surface area contributed by atoms with Gasteiger partial charge in [0.2, 0.25) is 0 Å². The van der Waals surface area contributed by atoms with E-state index in [1.807, 2.05) is 18.2 Å². The summed E-state index contributed by atoms with van der Waals surface area (Å²) in [5.41, 5.74) is 5.83. The molecule has 3 rings (SSSR count). The van der Waals surface area contributed by atoms with Crippen molar-refractivity contribution in [2.75, 3.05) is 10.6 Å². The maximum atomic E-state index is 3.67. The lowest BCUT2D eigenvalue weighted by Crippen LogP contribution is -2.08. The van der Waals surface area contributed by atoms with Crippen molar-refractivity contribution in [3.8, 4) is 0 Å². The van der Waals surface area contributed by atoms with Crippen LogP contribution in [0.2, 0.25) is 0 Å². The van der Waals surface area contributed by atoms with Crippen molar-refractivity contribution >= 4 is 22.7 Å². The predicted molar refractivity (Wildman–Crippen MR) is 114 cm³/mol. The molecule has 0 fully saturated rings. The van der Waals surface area contributed by atoms with Gasteiger partial charge in [0.05, 0.1) is 11.4 Å². The lowest BCUT2D eigenvalue weighted by Gasteiger charge is -2.24. The van der Waals surface area contributed by atoms with Gasteiger partial charge in [-0.3, -0.25) is 0 Å². The monoisotopic (exact) mass is 344 g/mol. The van der Waals surface area contributed by atoms with Crippen LogP contribution < -0.4 is 10.6 Å². The quantitative estimate of drug-likeness (QED) is 0.469. The topological polar surface area (TPSA) is 24.1 Å².